The first-order valence-corrected chi connectivity index (χ1v) is 7.10. The Labute approximate surface area is 129 Å². The molecule has 0 aliphatic heterocycles. The van der Waals surface area contributed by atoms with Crippen LogP contribution in [0.4, 0.5) is 5.69 Å². The number of carbonyl (C=O) groups excluding carboxylic acids is 1. The van der Waals surface area contributed by atoms with Crippen molar-refractivity contribution < 1.29 is 9.72 Å². The first-order chi connectivity index (χ1) is 10.1. The molecule has 0 atom stereocenters. The number of nitrogens with one attached hydrogen (secondary N) is 1. The lowest BCUT2D eigenvalue weighted by atomic mass is 10.2. The molecule has 2 aromatic rings. The van der Waals surface area contributed by atoms with Crippen LogP contribution in [0.15, 0.2) is 40.8 Å². The van der Waals surface area contributed by atoms with E-state index in [9.17, 15) is 14.9 Å². The van der Waals surface area contributed by atoms with E-state index < -0.39 is 4.92 Å². The number of thiophene rings is 1. The average molecular weight is 324 g/mol. The Kier molecular flexibility index (Phi) is 5.02. The van der Waals surface area contributed by atoms with Gasteiger partial charge in [-0.1, -0.05) is 17.7 Å². The first-order valence-electron chi connectivity index (χ1n) is 5.84. The van der Waals surface area contributed by atoms with E-state index in [4.69, 9.17) is 11.6 Å². The fraction of sp³-hybridized carbons (Fsp3) is 0.0769. The summed E-state index contributed by atoms with van der Waals surface area (Å²) in [5, 5.41) is 16.6. The van der Waals surface area contributed by atoms with Gasteiger partial charge in [-0.05, 0) is 17.5 Å². The summed E-state index contributed by atoms with van der Waals surface area (Å²) in [5.41, 5.74) is 2.63. The fourth-order valence-corrected chi connectivity index (χ4v) is 2.40. The Bertz CT molecular complexity index is 686. The molecule has 2 rings (SSSR count). The molecule has 1 aromatic carbocycles. The molecule has 0 saturated carbocycles. The lowest BCUT2D eigenvalue weighted by molar-refractivity contribution is -0.384. The summed E-state index contributed by atoms with van der Waals surface area (Å²) < 4.78 is 0. The lowest BCUT2D eigenvalue weighted by Crippen LogP contribution is -2.19. The number of amides is 1. The fourth-order valence-electron chi connectivity index (χ4n) is 1.53. The van der Waals surface area contributed by atoms with Crippen molar-refractivity contribution in [3.63, 3.8) is 0 Å². The number of benzene rings is 1. The topological polar surface area (TPSA) is 84.6 Å². The Balaban J connectivity index is 1.99. The van der Waals surface area contributed by atoms with Crippen molar-refractivity contribution >= 4 is 40.7 Å². The van der Waals surface area contributed by atoms with Gasteiger partial charge in [0.25, 0.3) is 5.69 Å². The lowest BCUT2D eigenvalue weighted by Gasteiger charge is -1.99. The second-order valence-corrected chi connectivity index (χ2v) is 5.45. The van der Waals surface area contributed by atoms with Crippen LogP contribution in [0, 0.1) is 10.1 Å². The largest absolute Gasteiger partial charge is 0.273 e. The standard InChI is InChI=1S/C13H10ClN3O3S/c14-12-4-3-10(17(19)20)6-9(12)8-15-16-13(18)7-11-2-1-5-21-11/h1-6,8H,7H2,(H,16,18)/b15-8-. The van der Waals surface area contributed by atoms with Gasteiger partial charge in [-0.2, -0.15) is 5.10 Å². The summed E-state index contributed by atoms with van der Waals surface area (Å²) >= 11 is 7.39. The maximum atomic E-state index is 11.6. The Hall–Kier alpha value is -2.25. The van der Waals surface area contributed by atoms with Crippen LogP contribution in [0.25, 0.3) is 0 Å². The summed E-state index contributed by atoms with van der Waals surface area (Å²) in [5.74, 6) is -0.268. The van der Waals surface area contributed by atoms with E-state index in [1.54, 1.807) is 0 Å². The predicted octanol–water partition coefficient (Wildman–Crippen LogP) is 3.00. The quantitative estimate of drug-likeness (QED) is 0.521. The molecular formula is C13H10ClN3O3S. The van der Waals surface area contributed by atoms with Crippen LogP contribution in [0.5, 0.6) is 0 Å². The van der Waals surface area contributed by atoms with Crippen LogP contribution < -0.4 is 5.43 Å². The normalized spacial score (nSPS) is 10.7. The van der Waals surface area contributed by atoms with Crippen LogP contribution >= 0.6 is 22.9 Å². The second kappa shape index (κ2) is 6.96. The van der Waals surface area contributed by atoms with Gasteiger partial charge in [0.2, 0.25) is 5.91 Å². The number of nitrogens with zero attached hydrogens (tertiary/aromatic N) is 2. The molecule has 6 nitrogen and oxygen atoms in total. The Morgan fingerprint density at radius 1 is 1.48 bits per heavy atom. The monoisotopic (exact) mass is 323 g/mol. The second-order valence-electron chi connectivity index (χ2n) is 4.01. The SMILES string of the molecule is O=C(Cc1cccs1)N/N=C\c1cc([N+](=O)[O-])ccc1Cl. The molecule has 8 heteroatoms. The van der Waals surface area contributed by atoms with Gasteiger partial charge in [0.05, 0.1) is 17.6 Å². The predicted molar refractivity (Wildman–Crippen MR) is 81.9 cm³/mol. The van der Waals surface area contributed by atoms with E-state index in [2.05, 4.69) is 10.5 Å². The summed E-state index contributed by atoms with van der Waals surface area (Å²) in [4.78, 5) is 22.7. The number of non-ortho nitro benzene ring substituents is 1. The van der Waals surface area contributed by atoms with E-state index >= 15 is 0 Å². The smallest absolute Gasteiger partial charge is 0.270 e. The van der Waals surface area contributed by atoms with Gasteiger partial charge in [-0.3, -0.25) is 14.9 Å². The highest BCUT2D eigenvalue weighted by Crippen LogP contribution is 2.20. The average Bonchev–Trinajstić information content (AvgIpc) is 2.93. The summed E-state index contributed by atoms with van der Waals surface area (Å²) in [6.07, 6.45) is 1.51. The zero-order chi connectivity index (χ0) is 15.2. The van der Waals surface area contributed by atoms with Crippen molar-refractivity contribution in [2.24, 2.45) is 5.10 Å². The van der Waals surface area contributed by atoms with Crippen LogP contribution in [0.2, 0.25) is 5.02 Å². The molecule has 0 aliphatic carbocycles. The zero-order valence-corrected chi connectivity index (χ0v) is 12.2. The van der Waals surface area contributed by atoms with Crippen LogP contribution in [-0.4, -0.2) is 17.0 Å². The molecule has 0 bridgehead atoms. The number of nitro groups is 1. The van der Waals surface area contributed by atoms with Crippen molar-refractivity contribution in [3.8, 4) is 0 Å². The molecular weight excluding hydrogens is 314 g/mol. The van der Waals surface area contributed by atoms with Crippen LogP contribution in [0.1, 0.15) is 10.4 Å². The highest BCUT2D eigenvalue weighted by atomic mass is 35.5. The molecule has 21 heavy (non-hydrogen) atoms. The summed E-state index contributed by atoms with van der Waals surface area (Å²) in [6, 6.07) is 7.71. The molecule has 108 valence electrons. The minimum Gasteiger partial charge on any atom is -0.273 e. The Morgan fingerprint density at radius 3 is 2.95 bits per heavy atom. The molecule has 0 aliphatic rings. The molecule has 1 heterocycles. The minimum atomic E-state index is -0.525. The highest BCUT2D eigenvalue weighted by molar-refractivity contribution is 7.10. The number of hydrogen-bond donors (Lipinski definition) is 1. The number of hydrazone groups is 1. The third-order valence-electron chi connectivity index (χ3n) is 2.50. The third kappa shape index (κ3) is 4.37. The van der Waals surface area contributed by atoms with Crippen LogP contribution in [-0.2, 0) is 11.2 Å². The molecule has 0 spiro atoms. The number of rotatable bonds is 5. The minimum absolute atomic E-state index is 0.0919. The van der Waals surface area contributed by atoms with E-state index in [1.807, 2.05) is 17.5 Å². The van der Waals surface area contributed by atoms with Crippen molar-refractivity contribution in [2.75, 3.05) is 0 Å². The maximum Gasteiger partial charge on any atom is 0.270 e. The highest BCUT2D eigenvalue weighted by Gasteiger charge is 2.08. The zero-order valence-electron chi connectivity index (χ0n) is 10.7. The third-order valence-corrected chi connectivity index (χ3v) is 3.72. The molecule has 0 radical (unpaired) electrons. The Morgan fingerprint density at radius 2 is 2.29 bits per heavy atom. The van der Waals surface area contributed by atoms with Gasteiger partial charge in [-0.15, -0.1) is 11.3 Å². The van der Waals surface area contributed by atoms with E-state index in [0.29, 0.717) is 10.6 Å². The van der Waals surface area contributed by atoms with Crippen LogP contribution in [0.3, 0.4) is 0 Å². The molecule has 1 aromatic heterocycles. The molecule has 0 unspecified atom stereocenters. The molecule has 1 N–H and O–H groups in total. The molecule has 0 fully saturated rings. The van der Waals surface area contributed by atoms with E-state index in [-0.39, 0.29) is 18.0 Å². The van der Waals surface area contributed by atoms with Crippen molar-refractivity contribution in [1.29, 1.82) is 0 Å². The van der Waals surface area contributed by atoms with Gasteiger partial charge in [0.15, 0.2) is 0 Å². The van der Waals surface area contributed by atoms with Crippen molar-refractivity contribution in [3.05, 3.63) is 61.3 Å². The molecule has 1 amide bonds. The number of nitro benzene ring substituents is 1. The number of hydrogen-bond acceptors (Lipinski definition) is 5. The van der Waals surface area contributed by atoms with Gasteiger partial charge in [-0.25, -0.2) is 5.43 Å². The number of halogens is 1. The maximum absolute atomic E-state index is 11.6. The van der Waals surface area contributed by atoms with Gasteiger partial charge in [0, 0.05) is 27.6 Å². The molecule has 0 saturated heterocycles. The summed E-state index contributed by atoms with van der Waals surface area (Å²) in [6.45, 7) is 0. The van der Waals surface area contributed by atoms with Gasteiger partial charge >= 0.3 is 0 Å². The van der Waals surface area contributed by atoms with E-state index in [1.165, 1.54) is 35.8 Å². The van der Waals surface area contributed by atoms with Crippen molar-refractivity contribution in [2.45, 2.75) is 6.42 Å². The van der Waals surface area contributed by atoms with Gasteiger partial charge < -0.3 is 0 Å². The first kappa shape index (κ1) is 15.1. The number of carbonyl (C=O) groups is 1. The summed E-state index contributed by atoms with van der Waals surface area (Å²) in [7, 11) is 0. The van der Waals surface area contributed by atoms with Gasteiger partial charge in [0.1, 0.15) is 0 Å². The van der Waals surface area contributed by atoms with Crippen molar-refractivity contribution in [1.82, 2.24) is 5.43 Å². The van der Waals surface area contributed by atoms with E-state index in [0.717, 1.165) is 4.88 Å².